The van der Waals surface area contributed by atoms with E-state index in [1.807, 2.05) is 18.2 Å². The highest BCUT2D eigenvalue weighted by Gasteiger charge is 2.17. The summed E-state index contributed by atoms with van der Waals surface area (Å²) in [5.74, 6) is -0.122. The van der Waals surface area contributed by atoms with Crippen molar-refractivity contribution in [1.29, 1.82) is 0 Å². The topological polar surface area (TPSA) is 52.6 Å². The van der Waals surface area contributed by atoms with E-state index in [9.17, 15) is 4.79 Å². The van der Waals surface area contributed by atoms with Crippen LogP contribution in [0.2, 0.25) is 0 Å². The number of likely N-dealkylation sites (N-methyl/N-ethyl adjacent to an activating group) is 1. The molecule has 17 heavy (non-hydrogen) atoms. The molecule has 2 N–H and O–H groups in total. The second-order valence-corrected chi connectivity index (χ2v) is 4.57. The van der Waals surface area contributed by atoms with Crippen LogP contribution in [0.15, 0.2) is 18.2 Å². The average molecular weight is 234 g/mol. The summed E-state index contributed by atoms with van der Waals surface area (Å²) >= 11 is 0. The fourth-order valence-electron chi connectivity index (χ4n) is 2.05. The van der Waals surface area contributed by atoms with Gasteiger partial charge in [-0.3, -0.25) is 4.79 Å². The van der Waals surface area contributed by atoms with Gasteiger partial charge in [-0.2, -0.15) is 0 Å². The normalized spacial score (nSPS) is 15.6. The fraction of sp³-hybridized carbons (Fsp3) is 0.462. The second kappa shape index (κ2) is 4.75. The zero-order chi connectivity index (χ0) is 12.4. The van der Waals surface area contributed by atoms with Crippen LogP contribution in [0, 0.1) is 0 Å². The molecule has 4 nitrogen and oxygen atoms in total. The lowest BCUT2D eigenvalue weighted by molar-refractivity contribution is 0.0924. The van der Waals surface area contributed by atoms with E-state index in [0.29, 0.717) is 5.56 Å². The van der Waals surface area contributed by atoms with Gasteiger partial charge in [-0.25, -0.2) is 0 Å². The number of rotatable bonds is 3. The number of amides is 1. The van der Waals surface area contributed by atoms with Crippen LogP contribution in [0.4, 0.5) is 5.69 Å². The van der Waals surface area contributed by atoms with Gasteiger partial charge < -0.3 is 15.3 Å². The van der Waals surface area contributed by atoms with Gasteiger partial charge in [0.15, 0.2) is 0 Å². The number of aliphatic hydroxyl groups excluding tert-OH is 1. The highest BCUT2D eigenvalue weighted by Crippen LogP contribution is 2.27. The van der Waals surface area contributed by atoms with Crippen LogP contribution in [0.1, 0.15) is 22.8 Å². The van der Waals surface area contributed by atoms with E-state index in [-0.39, 0.29) is 12.5 Å². The molecule has 1 atom stereocenters. The summed E-state index contributed by atoms with van der Waals surface area (Å²) in [7, 11) is 2.05. The number of anilines is 1. The van der Waals surface area contributed by atoms with Crippen molar-refractivity contribution in [2.45, 2.75) is 19.4 Å². The molecule has 1 heterocycles. The maximum Gasteiger partial charge on any atom is 0.251 e. The Morgan fingerprint density at radius 3 is 3.06 bits per heavy atom. The zero-order valence-corrected chi connectivity index (χ0v) is 10.2. The van der Waals surface area contributed by atoms with Gasteiger partial charge in [-0.1, -0.05) is 0 Å². The third-order valence-corrected chi connectivity index (χ3v) is 3.03. The molecule has 92 valence electrons. The van der Waals surface area contributed by atoms with Crippen molar-refractivity contribution in [2.75, 3.05) is 25.0 Å². The van der Waals surface area contributed by atoms with Gasteiger partial charge in [0, 0.05) is 31.4 Å². The molecule has 1 aliphatic heterocycles. The Hall–Kier alpha value is -1.55. The summed E-state index contributed by atoms with van der Waals surface area (Å²) < 4.78 is 0. The standard InChI is InChI=1S/C13H18N2O2/c1-9(16)8-14-13(17)11-3-4-12-10(7-11)5-6-15(12)2/h3-4,7,9,16H,5-6,8H2,1-2H3,(H,14,17). The number of fused-ring (bicyclic) bond motifs is 1. The number of nitrogens with one attached hydrogen (secondary N) is 1. The minimum absolute atomic E-state index is 0.122. The molecule has 0 saturated heterocycles. The number of hydrogen-bond donors (Lipinski definition) is 2. The van der Waals surface area contributed by atoms with Crippen molar-refractivity contribution in [2.24, 2.45) is 0 Å². The summed E-state index contributed by atoms with van der Waals surface area (Å²) in [5, 5.41) is 11.8. The smallest absolute Gasteiger partial charge is 0.251 e. The third kappa shape index (κ3) is 2.58. The lowest BCUT2D eigenvalue weighted by atomic mass is 10.1. The maximum atomic E-state index is 11.8. The number of carbonyl (C=O) groups excluding carboxylic acids is 1. The van der Waals surface area contributed by atoms with E-state index < -0.39 is 6.10 Å². The zero-order valence-electron chi connectivity index (χ0n) is 10.2. The highest BCUT2D eigenvalue weighted by atomic mass is 16.3. The van der Waals surface area contributed by atoms with Gasteiger partial charge in [0.25, 0.3) is 5.91 Å². The molecule has 0 saturated carbocycles. The van der Waals surface area contributed by atoms with Crippen LogP contribution in [0.5, 0.6) is 0 Å². The molecular formula is C13H18N2O2. The van der Waals surface area contributed by atoms with Crippen molar-refractivity contribution in [1.82, 2.24) is 5.32 Å². The first kappa shape index (κ1) is 11.9. The summed E-state index contributed by atoms with van der Waals surface area (Å²) in [5.41, 5.74) is 3.09. The second-order valence-electron chi connectivity index (χ2n) is 4.57. The van der Waals surface area contributed by atoms with Crippen LogP contribution in [0.3, 0.4) is 0 Å². The maximum absolute atomic E-state index is 11.8. The molecule has 0 fully saturated rings. The number of nitrogens with zero attached hydrogens (tertiary/aromatic N) is 1. The van der Waals surface area contributed by atoms with Crippen molar-refractivity contribution in [3.63, 3.8) is 0 Å². The Balaban J connectivity index is 2.10. The largest absolute Gasteiger partial charge is 0.392 e. The van der Waals surface area contributed by atoms with E-state index in [1.54, 1.807) is 6.92 Å². The van der Waals surface area contributed by atoms with Gasteiger partial charge in [0.2, 0.25) is 0 Å². The Morgan fingerprint density at radius 1 is 1.59 bits per heavy atom. The predicted octanol–water partition coefficient (Wildman–Crippen LogP) is 0.790. The minimum atomic E-state index is -0.514. The summed E-state index contributed by atoms with van der Waals surface area (Å²) in [4.78, 5) is 14.0. The lowest BCUT2D eigenvalue weighted by Crippen LogP contribution is -2.30. The first-order valence-corrected chi connectivity index (χ1v) is 5.88. The average Bonchev–Trinajstić information content (AvgIpc) is 2.67. The Morgan fingerprint density at radius 2 is 2.35 bits per heavy atom. The molecule has 0 aromatic heterocycles. The highest BCUT2D eigenvalue weighted by molar-refractivity contribution is 5.95. The van der Waals surface area contributed by atoms with E-state index in [1.165, 1.54) is 11.3 Å². The van der Waals surface area contributed by atoms with Gasteiger partial charge >= 0.3 is 0 Å². The quantitative estimate of drug-likeness (QED) is 0.813. The van der Waals surface area contributed by atoms with Crippen LogP contribution < -0.4 is 10.2 Å². The van der Waals surface area contributed by atoms with E-state index in [2.05, 4.69) is 17.3 Å². The lowest BCUT2D eigenvalue weighted by Gasteiger charge is -2.12. The Kier molecular flexibility index (Phi) is 3.33. The Bertz CT molecular complexity index is 429. The monoisotopic (exact) mass is 234 g/mol. The molecule has 0 bridgehead atoms. The van der Waals surface area contributed by atoms with Crippen molar-refractivity contribution in [3.05, 3.63) is 29.3 Å². The predicted molar refractivity (Wildman–Crippen MR) is 67.4 cm³/mol. The van der Waals surface area contributed by atoms with Gasteiger partial charge in [-0.05, 0) is 37.1 Å². The summed E-state index contributed by atoms with van der Waals surface area (Å²) in [6, 6.07) is 5.76. The molecule has 2 rings (SSSR count). The molecule has 1 aromatic carbocycles. The molecule has 1 unspecified atom stereocenters. The number of carbonyl (C=O) groups is 1. The van der Waals surface area contributed by atoms with Gasteiger partial charge in [-0.15, -0.1) is 0 Å². The van der Waals surface area contributed by atoms with E-state index in [4.69, 9.17) is 5.11 Å². The number of aliphatic hydroxyl groups is 1. The fourth-order valence-corrected chi connectivity index (χ4v) is 2.05. The van der Waals surface area contributed by atoms with Crippen molar-refractivity contribution in [3.8, 4) is 0 Å². The summed E-state index contributed by atoms with van der Waals surface area (Å²) in [6.45, 7) is 2.95. The first-order chi connectivity index (χ1) is 8.08. The SMILES string of the molecule is CC(O)CNC(=O)c1ccc2c(c1)CCN2C. The first-order valence-electron chi connectivity index (χ1n) is 5.88. The summed E-state index contributed by atoms with van der Waals surface area (Å²) in [6.07, 6.45) is 0.475. The molecule has 1 amide bonds. The molecular weight excluding hydrogens is 216 g/mol. The van der Waals surface area contributed by atoms with Crippen LogP contribution in [-0.4, -0.2) is 37.3 Å². The van der Waals surface area contributed by atoms with Crippen molar-refractivity contribution >= 4 is 11.6 Å². The minimum Gasteiger partial charge on any atom is -0.392 e. The number of hydrogen-bond acceptors (Lipinski definition) is 3. The third-order valence-electron chi connectivity index (χ3n) is 3.03. The molecule has 0 radical (unpaired) electrons. The van der Waals surface area contributed by atoms with Crippen LogP contribution >= 0.6 is 0 Å². The van der Waals surface area contributed by atoms with E-state index >= 15 is 0 Å². The van der Waals surface area contributed by atoms with Crippen LogP contribution in [0.25, 0.3) is 0 Å². The Labute approximate surface area is 101 Å². The van der Waals surface area contributed by atoms with E-state index in [0.717, 1.165) is 13.0 Å². The van der Waals surface area contributed by atoms with Gasteiger partial charge in [0.1, 0.15) is 0 Å². The molecule has 1 aromatic rings. The van der Waals surface area contributed by atoms with Gasteiger partial charge in [0.05, 0.1) is 6.10 Å². The van der Waals surface area contributed by atoms with Crippen molar-refractivity contribution < 1.29 is 9.90 Å². The molecule has 0 spiro atoms. The van der Waals surface area contributed by atoms with Crippen LogP contribution in [-0.2, 0) is 6.42 Å². The molecule has 4 heteroatoms. The molecule has 1 aliphatic rings. The molecule has 0 aliphatic carbocycles. The number of benzene rings is 1.